The summed E-state index contributed by atoms with van der Waals surface area (Å²) >= 11 is 3.50. The SMILES string of the molecule is CC(C)(C)[C@@H]1C[C-]1Br.C[C-](C)C.C[C-](C)C.[Li+].[Zn+2]. The average molecular weight is 363 g/mol. The van der Waals surface area contributed by atoms with Gasteiger partial charge in [0.1, 0.15) is 0 Å². The third-order valence-corrected chi connectivity index (χ3v) is 2.54. The first kappa shape index (κ1) is 27.9. The van der Waals surface area contributed by atoms with Gasteiger partial charge >= 0.3 is 38.3 Å². The van der Waals surface area contributed by atoms with Gasteiger partial charge in [0.15, 0.2) is 0 Å². The molecule has 0 spiro atoms. The summed E-state index contributed by atoms with van der Waals surface area (Å²) in [4.78, 5) is 1.50. The summed E-state index contributed by atoms with van der Waals surface area (Å²) in [6, 6.07) is 0. The van der Waals surface area contributed by atoms with Gasteiger partial charge in [0.05, 0.1) is 0 Å². The molecule has 0 nitrogen and oxygen atoms in total. The molecule has 1 saturated carbocycles. The van der Waals surface area contributed by atoms with Crippen LogP contribution in [-0.2, 0) is 19.5 Å². The maximum Gasteiger partial charge on any atom is 2.00 e. The largest absolute Gasteiger partial charge is 2.00 e. The topological polar surface area (TPSA) is 0 Å². The van der Waals surface area contributed by atoms with Gasteiger partial charge in [-0.05, 0) is 0 Å². The van der Waals surface area contributed by atoms with E-state index in [-0.39, 0.29) is 38.3 Å². The van der Waals surface area contributed by atoms with Crippen molar-refractivity contribution in [1.29, 1.82) is 0 Å². The summed E-state index contributed by atoms with van der Waals surface area (Å²) < 4.78 is 0. The Morgan fingerprint density at radius 3 is 1.11 bits per heavy atom. The smallest absolute Gasteiger partial charge is 0.323 e. The molecule has 0 N–H and O–H groups in total. The molecule has 0 aliphatic heterocycles. The molecule has 0 aromatic carbocycles. The predicted molar refractivity (Wildman–Crippen MR) is 80.3 cm³/mol. The van der Waals surface area contributed by atoms with Crippen LogP contribution < -0.4 is 18.9 Å². The Balaban J connectivity index is -0.0000000860. The van der Waals surface area contributed by atoms with E-state index < -0.39 is 0 Å². The Bertz CT molecular complexity index is 153. The van der Waals surface area contributed by atoms with E-state index in [1.54, 1.807) is 0 Å². The van der Waals surface area contributed by atoms with Crippen LogP contribution in [0.5, 0.6) is 0 Å². The quantitative estimate of drug-likeness (QED) is 0.458. The van der Waals surface area contributed by atoms with Crippen molar-refractivity contribution in [3.63, 3.8) is 0 Å². The number of halogens is 1. The van der Waals surface area contributed by atoms with Crippen LogP contribution in [0.3, 0.4) is 0 Å². The fraction of sp³-hybridized carbons (Fsp3) is 0.800. The van der Waals surface area contributed by atoms with Gasteiger partial charge in [-0.25, -0.2) is 0 Å². The Labute approximate surface area is 150 Å². The van der Waals surface area contributed by atoms with Crippen molar-refractivity contribution in [2.45, 2.75) is 68.7 Å². The molecule has 0 aromatic heterocycles. The van der Waals surface area contributed by atoms with Crippen LogP contribution in [0.4, 0.5) is 0 Å². The van der Waals surface area contributed by atoms with E-state index in [9.17, 15) is 0 Å². The van der Waals surface area contributed by atoms with E-state index in [1.807, 2.05) is 0 Å². The minimum Gasteiger partial charge on any atom is -0.323 e. The van der Waals surface area contributed by atoms with Crippen molar-refractivity contribution < 1.29 is 38.3 Å². The zero-order valence-electron chi connectivity index (χ0n) is 14.4. The first-order valence-corrected chi connectivity index (χ1v) is 6.82. The molecule has 1 rings (SSSR count). The fourth-order valence-corrected chi connectivity index (χ4v) is 1.92. The summed E-state index contributed by atoms with van der Waals surface area (Å²) in [6.07, 6.45) is 1.30. The van der Waals surface area contributed by atoms with E-state index in [2.05, 4.69) is 78.2 Å². The monoisotopic (exact) mass is 360 g/mol. The van der Waals surface area contributed by atoms with Crippen LogP contribution in [0.2, 0.25) is 0 Å². The van der Waals surface area contributed by atoms with Crippen molar-refractivity contribution in [2.24, 2.45) is 11.3 Å². The Morgan fingerprint density at radius 1 is 0.944 bits per heavy atom. The van der Waals surface area contributed by atoms with Crippen molar-refractivity contribution in [3.8, 4) is 0 Å². The molecule has 0 amide bonds. The summed E-state index contributed by atoms with van der Waals surface area (Å²) in [7, 11) is 0. The molecule has 0 saturated heterocycles. The Hall–Kier alpha value is 1.70. The van der Waals surface area contributed by atoms with Crippen LogP contribution in [0, 0.1) is 28.0 Å². The zero-order chi connectivity index (χ0) is 13.5. The van der Waals surface area contributed by atoms with Crippen molar-refractivity contribution in [2.75, 3.05) is 0 Å². The molecule has 100 valence electrons. The molecule has 0 radical (unpaired) electrons. The van der Waals surface area contributed by atoms with Crippen LogP contribution in [0.25, 0.3) is 0 Å². The first-order valence-electron chi connectivity index (χ1n) is 6.03. The molecule has 3 heteroatoms. The normalized spacial score (nSPS) is 17.7. The number of rotatable bonds is 0. The average Bonchev–Trinajstić information content (AvgIpc) is 2.61. The second-order valence-corrected chi connectivity index (χ2v) is 7.59. The molecule has 1 atom stereocenters. The van der Waals surface area contributed by atoms with E-state index in [0.717, 1.165) is 5.92 Å². The fourth-order valence-electron chi connectivity index (χ4n) is 0.912. The van der Waals surface area contributed by atoms with Gasteiger partial charge in [-0.3, -0.25) is 4.83 Å². The first-order chi connectivity index (χ1) is 6.98. The maximum atomic E-state index is 3.50. The van der Waals surface area contributed by atoms with Gasteiger partial charge in [-0.15, -0.1) is 0 Å². The maximum absolute atomic E-state index is 3.50. The third kappa shape index (κ3) is 26.3. The van der Waals surface area contributed by atoms with E-state index in [4.69, 9.17) is 0 Å². The van der Waals surface area contributed by atoms with E-state index in [0.29, 0.717) is 5.41 Å². The van der Waals surface area contributed by atoms with E-state index in [1.165, 1.54) is 23.1 Å². The van der Waals surface area contributed by atoms with Crippen LogP contribution in [0.15, 0.2) is 0 Å². The Kier molecular flexibility index (Phi) is 21.2. The van der Waals surface area contributed by atoms with Gasteiger partial charge in [0.2, 0.25) is 0 Å². The van der Waals surface area contributed by atoms with E-state index >= 15 is 0 Å². The summed E-state index contributed by atoms with van der Waals surface area (Å²) in [5.41, 5.74) is 0.499. The second-order valence-electron chi connectivity index (χ2n) is 6.57. The third-order valence-electron chi connectivity index (χ3n) is 1.66. The molecule has 1 aliphatic carbocycles. The molecule has 0 unspecified atom stereocenters. The van der Waals surface area contributed by atoms with Crippen LogP contribution in [-0.4, -0.2) is 0 Å². The minimum atomic E-state index is 0. The van der Waals surface area contributed by atoms with Gasteiger partial charge < -0.3 is 27.8 Å². The van der Waals surface area contributed by atoms with Crippen molar-refractivity contribution >= 4 is 15.9 Å². The molecular formula is C15H30BrLiZn. The summed E-state index contributed by atoms with van der Waals surface area (Å²) in [6.45, 7) is 19.4. The summed E-state index contributed by atoms with van der Waals surface area (Å²) in [5, 5.41) is 0. The van der Waals surface area contributed by atoms with Crippen molar-refractivity contribution in [1.82, 2.24) is 0 Å². The summed E-state index contributed by atoms with van der Waals surface area (Å²) in [5.74, 6) is 3.68. The van der Waals surface area contributed by atoms with Gasteiger partial charge in [-0.1, -0.05) is 26.2 Å². The standard InChI is InChI=1S/C7H12Br.2C4H9.Li.Zn/c1-7(2,3)5-4-6(5)8;2*1-4(2)3;;/h5H,4H2,1-3H3;2*1-3H3;;/q3*-1;+1;+2/t5-;;;;/m1..../s1. The van der Waals surface area contributed by atoms with Gasteiger partial charge in [0, 0.05) is 0 Å². The van der Waals surface area contributed by atoms with Crippen LogP contribution in [0.1, 0.15) is 68.7 Å². The zero-order valence-corrected chi connectivity index (χ0v) is 18.9. The van der Waals surface area contributed by atoms with Gasteiger partial charge in [0.25, 0.3) is 0 Å². The molecule has 0 heterocycles. The molecule has 0 aromatic rings. The van der Waals surface area contributed by atoms with Gasteiger partial charge in [-0.2, -0.15) is 53.9 Å². The minimum absolute atomic E-state index is 0. The molecular weight excluding hydrogens is 332 g/mol. The predicted octanol–water partition coefficient (Wildman–Crippen LogP) is 3.22. The Morgan fingerprint density at radius 2 is 1.11 bits per heavy atom. The molecule has 1 aliphatic rings. The number of hydrogen-bond acceptors (Lipinski definition) is 0. The molecule has 1 fully saturated rings. The molecule has 0 bridgehead atoms. The second kappa shape index (κ2) is 13.7. The number of hydrogen-bond donors (Lipinski definition) is 0. The van der Waals surface area contributed by atoms with Crippen LogP contribution >= 0.6 is 15.9 Å². The van der Waals surface area contributed by atoms with Crippen molar-refractivity contribution in [3.05, 3.63) is 16.7 Å². The molecule has 18 heavy (non-hydrogen) atoms.